The van der Waals surface area contributed by atoms with Crippen LogP contribution in [0.25, 0.3) is 0 Å². The van der Waals surface area contributed by atoms with Gasteiger partial charge in [0.2, 0.25) is 10.0 Å². The van der Waals surface area contributed by atoms with Gasteiger partial charge < -0.3 is 5.32 Å². The van der Waals surface area contributed by atoms with Crippen molar-refractivity contribution >= 4 is 21.4 Å². The van der Waals surface area contributed by atoms with Crippen LogP contribution in [0.1, 0.15) is 17.4 Å². The first kappa shape index (κ1) is 16.2. The molecule has 0 saturated carbocycles. The Balaban J connectivity index is 1.90. The summed E-state index contributed by atoms with van der Waals surface area (Å²) in [5.41, 5.74) is 1.06. The van der Waals surface area contributed by atoms with E-state index in [1.807, 2.05) is 26.1 Å². The molecule has 0 atom stereocenters. The molecule has 0 radical (unpaired) electrons. The summed E-state index contributed by atoms with van der Waals surface area (Å²) >= 11 is 1.29. The van der Waals surface area contributed by atoms with E-state index in [1.54, 1.807) is 16.9 Å². The van der Waals surface area contributed by atoms with E-state index in [2.05, 4.69) is 15.1 Å². The van der Waals surface area contributed by atoms with Crippen LogP contribution in [0.4, 0.5) is 0 Å². The molecule has 6 nitrogen and oxygen atoms in total. The van der Waals surface area contributed by atoms with Crippen molar-refractivity contribution in [3.8, 4) is 0 Å². The second kappa shape index (κ2) is 7.17. The smallest absolute Gasteiger partial charge is 0.250 e. The Morgan fingerprint density at radius 3 is 2.86 bits per heavy atom. The number of hydrogen-bond acceptors (Lipinski definition) is 5. The Bertz CT molecular complexity index is 676. The quantitative estimate of drug-likeness (QED) is 0.767. The van der Waals surface area contributed by atoms with Gasteiger partial charge >= 0.3 is 0 Å². The van der Waals surface area contributed by atoms with E-state index in [1.165, 1.54) is 11.3 Å². The maximum Gasteiger partial charge on any atom is 0.250 e. The molecule has 2 N–H and O–H groups in total. The highest BCUT2D eigenvalue weighted by Crippen LogP contribution is 2.21. The maximum absolute atomic E-state index is 12.2. The van der Waals surface area contributed by atoms with Crippen molar-refractivity contribution in [2.45, 2.75) is 31.1 Å². The minimum Gasteiger partial charge on any atom is -0.312 e. The second-order valence-electron chi connectivity index (χ2n) is 4.68. The molecule has 8 heteroatoms. The lowest BCUT2D eigenvalue weighted by molar-refractivity contribution is 0.562. The molecule has 0 aliphatic rings. The van der Waals surface area contributed by atoms with Crippen LogP contribution in [-0.2, 0) is 23.1 Å². The van der Waals surface area contributed by atoms with E-state index in [0.29, 0.717) is 23.8 Å². The SMILES string of the molecule is CCNCc1ccc(S(=O)(=O)NCCn2cc(C)cn2)s1. The average molecular weight is 328 g/mol. The fourth-order valence-corrected chi connectivity index (χ4v) is 4.19. The van der Waals surface area contributed by atoms with Gasteiger partial charge in [0.25, 0.3) is 0 Å². The van der Waals surface area contributed by atoms with Gasteiger partial charge in [-0.2, -0.15) is 5.10 Å². The Hall–Kier alpha value is -1.22. The van der Waals surface area contributed by atoms with E-state index >= 15 is 0 Å². The third-order valence-corrected chi connectivity index (χ3v) is 5.88. The Labute approximate surface area is 129 Å². The molecule has 0 fully saturated rings. The summed E-state index contributed by atoms with van der Waals surface area (Å²) in [6, 6.07) is 3.50. The van der Waals surface area contributed by atoms with Crippen LogP contribution >= 0.6 is 11.3 Å². The summed E-state index contributed by atoms with van der Waals surface area (Å²) in [7, 11) is -3.43. The number of aryl methyl sites for hydroxylation is 1. The van der Waals surface area contributed by atoms with Crippen LogP contribution < -0.4 is 10.0 Å². The molecule has 0 saturated heterocycles. The standard InChI is InChI=1S/C13H20N4O2S2/c1-3-14-9-12-4-5-13(20-12)21(18,19)16-6-7-17-10-11(2)8-15-17/h4-5,8,10,14,16H,3,6-7,9H2,1-2H3. The molecule has 0 aliphatic carbocycles. The second-order valence-corrected chi connectivity index (χ2v) is 7.84. The molecule has 0 amide bonds. The number of thiophene rings is 1. The molecule has 2 aromatic heterocycles. The first-order valence-electron chi connectivity index (χ1n) is 6.79. The molecule has 2 aromatic rings. The van der Waals surface area contributed by atoms with Crippen LogP contribution in [0.15, 0.2) is 28.7 Å². The van der Waals surface area contributed by atoms with Gasteiger partial charge in [0.15, 0.2) is 0 Å². The normalized spacial score (nSPS) is 11.9. The van der Waals surface area contributed by atoms with Crippen molar-refractivity contribution in [1.82, 2.24) is 19.8 Å². The summed E-state index contributed by atoms with van der Waals surface area (Å²) < 4.78 is 29.0. The summed E-state index contributed by atoms with van der Waals surface area (Å²) in [5.74, 6) is 0. The van der Waals surface area contributed by atoms with Gasteiger partial charge in [0.1, 0.15) is 4.21 Å². The van der Waals surface area contributed by atoms with E-state index in [0.717, 1.165) is 17.0 Å². The van der Waals surface area contributed by atoms with Crippen molar-refractivity contribution in [2.75, 3.05) is 13.1 Å². The highest BCUT2D eigenvalue weighted by atomic mass is 32.2. The van der Waals surface area contributed by atoms with E-state index in [-0.39, 0.29) is 0 Å². The predicted molar refractivity (Wildman–Crippen MR) is 83.9 cm³/mol. The summed E-state index contributed by atoms with van der Waals surface area (Å²) in [5, 5.41) is 7.30. The number of rotatable bonds is 8. The van der Waals surface area contributed by atoms with E-state index in [9.17, 15) is 8.42 Å². The van der Waals surface area contributed by atoms with Crippen LogP contribution in [0.5, 0.6) is 0 Å². The summed E-state index contributed by atoms with van der Waals surface area (Å²) in [6.07, 6.45) is 3.63. The number of sulfonamides is 1. The van der Waals surface area contributed by atoms with Crippen molar-refractivity contribution < 1.29 is 8.42 Å². The largest absolute Gasteiger partial charge is 0.312 e. The minimum absolute atomic E-state index is 0.323. The van der Waals surface area contributed by atoms with Gasteiger partial charge in [-0.1, -0.05) is 6.92 Å². The lowest BCUT2D eigenvalue weighted by Gasteiger charge is -2.05. The number of nitrogens with zero attached hydrogens (tertiary/aromatic N) is 2. The Morgan fingerprint density at radius 2 is 2.19 bits per heavy atom. The fraction of sp³-hybridized carbons (Fsp3) is 0.462. The summed E-state index contributed by atoms with van der Waals surface area (Å²) in [4.78, 5) is 1.01. The number of hydrogen-bond donors (Lipinski definition) is 2. The van der Waals surface area contributed by atoms with Gasteiger partial charge in [-0.05, 0) is 31.2 Å². The van der Waals surface area contributed by atoms with Gasteiger partial charge in [-0.3, -0.25) is 4.68 Å². The number of nitrogens with one attached hydrogen (secondary N) is 2. The van der Waals surface area contributed by atoms with Crippen LogP contribution in [0, 0.1) is 6.92 Å². The molecule has 2 heterocycles. The predicted octanol–water partition coefficient (Wildman–Crippen LogP) is 1.34. The molecule has 21 heavy (non-hydrogen) atoms. The molecule has 0 aliphatic heterocycles. The monoisotopic (exact) mass is 328 g/mol. The molecule has 0 bridgehead atoms. The van der Waals surface area contributed by atoms with Crippen LogP contribution in [-0.4, -0.2) is 31.3 Å². The fourth-order valence-electron chi connectivity index (χ4n) is 1.80. The Morgan fingerprint density at radius 1 is 1.38 bits per heavy atom. The Kier molecular flexibility index (Phi) is 5.51. The molecule has 116 valence electrons. The minimum atomic E-state index is -3.43. The van der Waals surface area contributed by atoms with E-state index < -0.39 is 10.0 Å². The molecule has 0 unspecified atom stereocenters. The highest BCUT2D eigenvalue weighted by molar-refractivity contribution is 7.91. The topological polar surface area (TPSA) is 76.0 Å². The third-order valence-electron chi connectivity index (χ3n) is 2.85. The third kappa shape index (κ3) is 4.63. The van der Waals surface area contributed by atoms with Gasteiger partial charge in [0, 0.05) is 24.2 Å². The lowest BCUT2D eigenvalue weighted by Crippen LogP contribution is -2.27. The first-order valence-corrected chi connectivity index (χ1v) is 9.09. The van der Waals surface area contributed by atoms with Crippen LogP contribution in [0.2, 0.25) is 0 Å². The summed E-state index contributed by atoms with van der Waals surface area (Å²) in [6.45, 7) is 6.37. The molecule has 0 aromatic carbocycles. The molecule has 0 spiro atoms. The maximum atomic E-state index is 12.2. The van der Waals surface area contributed by atoms with Crippen molar-refractivity contribution in [3.63, 3.8) is 0 Å². The number of aromatic nitrogens is 2. The lowest BCUT2D eigenvalue weighted by atomic mass is 10.4. The zero-order valence-corrected chi connectivity index (χ0v) is 13.8. The van der Waals surface area contributed by atoms with Crippen molar-refractivity contribution in [2.24, 2.45) is 0 Å². The van der Waals surface area contributed by atoms with Crippen LogP contribution in [0.3, 0.4) is 0 Å². The zero-order valence-electron chi connectivity index (χ0n) is 12.2. The molecular formula is C13H20N4O2S2. The highest BCUT2D eigenvalue weighted by Gasteiger charge is 2.16. The zero-order chi connectivity index (χ0) is 15.3. The van der Waals surface area contributed by atoms with E-state index in [4.69, 9.17) is 0 Å². The van der Waals surface area contributed by atoms with Crippen molar-refractivity contribution in [3.05, 3.63) is 35.0 Å². The first-order chi connectivity index (χ1) is 10.0. The van der Waals surface area contributed by atoms with Gasteiger partial charge in [0.05, 0.1) is 12.7 Å². The molecular weight excluding hydrogens is 308 g/mol. The van der Waals surface area contributed by atoms with Gasteiger partial charge in [-0.25, -0.2) is 13.1 Å². The van der Waals surface area contributed by atoms with Gasteiger partial charge in [-0.15, -0.1) is 11.3 Å². The molecule has 2 rings (SSSR count). The average Bonchev–Trinajstić information content (AvgIpc) is 3.06. The van der Waals surface area contributed by atoms with Crippen molar-refractivity contribution in [1.29, 1.82) is 0 Å².